The zero-order valence-electron chi connectivity index (χ0n) is 6.53. The van der Waals surface area contributed by atoms with Crippen LogP contribution >= 0.6 is 0 Å². The molecular formula is C5H9N4O2S-. The van der Waals surface area contributed by atoms with E-state index in [9.17, 15) is 8.76 Å². The summed E-state index contributed by atoms with van der Waals surface area (Å²) in [5.74, 6) is 1.35. The molecule has 1 aromatic rings. The molecule has 0 fully saturated rings. The topological polar surface area (TPSA) is 93.7 Å². The summed E-state index contributed by atoms with van der Waals surface area (Å²) in [7, 11) is 0. The Balaban J connectivity index is 2.29. The van der Waals surface area contributed by atoms with Crippen LogP contribution in [0.25, 0.3) is 0 Å². The summed E-state index contributed by atoms with van der Waals surface area (Å²) in [6, 6.07) is 0. The van der Waals surface area contributed by atoms with Gasteiger partial charge in [0.05, 0.1) is 0 Å². The van der Waals surface area contributed by atoms with Gasteiger partial charge in [-0.25, -0.2) is 9.71 Å². The summed E-state index contributed by atoms with van der Waals surface area (Å²) in [5, 5.41) is 6.50. The maximum absolute atomic E-state index is 10.0. The van der Waals surface area contributed by atoms with Crippen molar-refractivity contribution in [2.24, 2.45) is 0 Å². The van der Waals surface area contributed by atoms with Gasteiger partial charge in [0.25, 0.3) is 0 Å². The first-order valence-electron chi connectivity index (χ1n) is 3.39. The molecule has 0 spiro atoms. The van der Waals surface area contributed by atoms with E-state index >= 15 is 0 Å². The van der Waals surface area contributed by atoms with Crippen molar-refractivity contribution < 1.29 is 8.76 Å². The molecule has 0 bridgehead atoms. The summed E-state index contributed by atoms with van der Waals surface area (Å²) in [4.78, 5) is 4.00. The Bertz CT molecular complexity index is 274. The molecule has 2 N–H and O–H groups in total. The van der Waals surface area contributed by atoms with Gasteiger partial charge < -0.3 is 4.55 Å². The Morgan fingerprint density at radius 3 is 3.00 bits per heavy atom. The average Bonchev–Trinajstić information content (AvgIpc) is 2.35. The second kappa shape index (κ2) is 4.29. The molecule has 12 heavy (non-hydrogen) atoms. The van der Waals surface area contributed by atoms with Crippen LogP contribution in [-0.4, -0.2) is 30.5 Å². The maximum Gasteiger partial charge on any atom is 0.151 e. The molecule has 1 atom stereocenters. The first-order valence-corrected chi connectivity index (χ1v) is 4.46. The molecule has 1 aromatic heterocycles. The first kappa shape index (κ1) is 9.30. The molecule has 7 heteroatoms. The molecule has 0 amide bonds. The van der Waals surface area contributed by atoms with Gasteiger partial charge >= 0.3 is 0 Å². The number of aromatic nitrogens is 3. The van der Waals surface area contributed by atoms with Crippen LogP contribution in [0, 0.1) is 6.92 Å². The highest BCUT2D eigenvalue weighted by molar-refractivity contribution is 7.77. The molecule has 68 valence electrons. The van der Waals surface area contributed by atoms with Crippen molar-refractivity contribution in [2.45, 2.75) is 13.3 Å². The quantitative estimate of drug-likeness (QED) is 0.596. The van der Waals surface area contributed by atoms with Gasteiger partial charge in [-0.3, -0.25) is 9.31 Å². The van der Waals surface area contributed by atoms with Gasteiger partial charge in [-0.1, -0.05) is 0 Å². The van der Waals surface area contributed by atoms with Crippen LogP contribution in [-0.2, 0) is 17.7 Å². The van der Waals surface area contributed by atoms with E-state index in [1.54, 1.807) is 6.92 Å². The van der Waals surface area contributed by atoms with Crippen molar-refractivity contribution in [1.82, 2.24) is 19.9 Å². The minimum Gasteiger partial charge on any atom is -0.760 e. The third kappa shape index (κ3) is 3.07. The highest BCUT2D eigenvalue weighted by Crippen LogP contribution is 1.90. The number of rotatable bonds is 4. The summed E-state index contributed by atoms with van der Waals surface area (Å²) in [5.41, 5.74) is 0. The monoisotopic (exact) mass is 189 g/mol. The summed E-state index contributed by atoms with van der Waals surface area (Å²) in [6.07, 6.45) is 0.498. The van der Waals surface area contributed by atoms with Crippen LogP contribution in [0.4, 0.5) is 0 Å². The number of aryl methyl sites for hydroxylation is 1. The molecule has 0 aliphatic carbocycles. The summed E-state index contributed by atoms with van der Waals surface area (Å²) < 4.78 is 22.3. The molecule has 0 radical (unpaired) electrons. The van der Waals surface area contributed by atoms with Crippen molar-refractivity contribution >= 4 is 11.3 Å². The highest BCUT2D eigenvalue weighted by atomic mass is 32.2. The molecule has 0 aromatic carbocycles. The standard InChI is InChI=1S/C5H10N4O2S/c1-4-7-5(9-8-4)2-3-6-12(10)11/h6H,2-3H2,1H3,(H,10,11)(H,7,8,9)/p-1. The summed E-state index contributed by atoms with van der Waals surface area (Å²) in [6.45, 7) is 2.11. The number of aromatic amines is 1. The van der Waals surface area contributed by atoms with E-state index in [1.807, 2.05) is 0 Å². The van der Waals surface area contributed by atoms with Gasteiger partial charge in [0.15, 0.2) is 5.82 Å². The Hall–Kier alpha value is -0.790. The Labute approximate surface area is 72.2 Å². The van der Waals surface area contributed by atoms with Crippen molar-refractivity contribution in [1.29, 1.82) is 0 Å². The van der Waals surface area contributed by atoms with Gasteiger partial charge in [0.2, 0.25) is 0 Å². The molecule has 0 saturated heterocycles. The lowest BCUT2D eigenvalue weighted by Crippen LogP contribution is -2.19. The Kier molecular flexibility index (Phi) is 3.32. The first-order chi connectivity index (χ1) is 5.68. The van der Waals surface area contributed by atoms with Crippen LogP contribution in [0.15, 0.2) is 0 Å². The van der Waals surface area contributed by atoms with Gasteiger partial charge in [-0.2, -0.15) is 5.10 Å². The predicted molar refractivity (Wildman–Crippen MR) is 41.7 cm³/mol. The van der Waals surface area contributed by atoms with E-state index in [0.717, 1.165) is 5.82 Å². The fourth-order valence-electron chi connectivity index (χ4n) is 0.747. The Morgan fingerprint density at radius 1 is 1.75 bits per heavy atom. The molecule has 6 nitrogen and oxygen atoms in total. The molecule has 1 unspecified atom stereocenters. The van der Waals surface area contributed by atoms with Crippen molar-refractivity contribution in [3.63, 3.8) is 0 Å². The number of hydrogen-bond acceptors (Lipinski definition) is 4. The Morgan fingerprint density at radius 2 is 2.50 bits per heavy atom. The van der Waals surface area contributed by atoms with Crippen molar-refractivity contribution in [2.75, 3.05) is 6.54 Å². The zero-order valence-corrected chi connectivity index (χ0v) is 7.35. The van der Waals surface area contributed by atoms with Gasteiger partial charge in [0, 0.05) is 24.2 Å². The molecule has 1 rings (SSSR count). The van der Waals surface area contributed by atoms with Crippen LogP contribution in [0.2, 0.25) is 0 Å². The average molecular weight is 189 g/mol. The lowest BCUT2D eigenvalue weighted by molar-refractivity contribution is 0.522. The lowest BCUT2D eigenvalue weighted by Gasteiger charge is -2.03. The number of H-pyrrole nitrogens is 1. The normalized spacial score (nSPS) is 13.2. The maximum atomic E-state index is 10.0. The molecule has 1 heterocycles. The lowest BCUT2D eigenvalue weighted by atomic mass is 10.4. The number of nitrogens with zero attached hydrogens (tertiary/aromatic N) is 2. The second-order valence-corrected chi connectivity index (χ2v) is 2.97. The fourth-order valence-corrected chi connectivity index (χ4v) is 1.02. The van der Waals surface area contributed by atoms with Gasteiger partial charge in [0.1, 0.15) is 5.82 Å². The van der Waals surface area contributed by atoms with Crippen LogP contribution < -0.4 is 4.72 Å². The third-order valence-electron chi connectivity index (χ3n) is 1.21. The SMILES string of the molecule is Cc1nc(CCNS(=O)[O-])n[nH]1. The second-order valence-electron chi connectivity index (χ2n) is 2.22. The van der Waals surface area contributed by atoms with E-state index < -0.39 is 11.3 Å². The smallest absolute Gasteiger partial charge is 0.151 e. The van der Waals surface area contributed by atoms with Crippen molar-refractivity contribution in [3.8, 4) is 0 Å². The van der Waals surface area contributed by atoms with E-state index in [-0.39, 0.29) is 0 Å². The van der Waals surface area contributed by atoms with E-state index in [1.165, 1.54) is 0 Å². The highest BCUT2D eigenvalue weighted by Gasteiger charge is 1.97. The molecule has 0 aliphatic rings. The van der Waals surface area contributed by atoms with Crippen molar-refractivity contribution in [3.05, 3.63) is 11.6 Å². The van der Waals surface area contributed by atoms with Crippen LogP contribution in [0.3, 0.4) is 0 Å². The van der Waals surface area contributed by atoms with Crippen LogP contribution in [0.1, 0.15) is 11.6 Å². The van der Waals surface area contributed by atoms with Gasteiger partial charge in [-0.05, 0) is 6.92 Å². The molecule has 0 saturated carbocycles. The molecule has 0 aliphatic heterocycles. The fraction of sp³-hybridized carbons (Fsp3) is 0.600. The van der Waals surface area contributed by atoms with E-state index in [4.69, 9.17) is 0 Å². The number of nitrogens with one attached hydrogen (secondary N) is 2. The molecular weight excluding hydrogens is 180 g/mol. The third-order valence-corrected chi connectivity index (χ3v) is 1.65. The largest absolute Gasteiger partial charge is 0.760 e. The predicted octanol–water partition coefficient (Wildman–Crippen LogP) is -0.961. The summed E-state index contributed by atoms with van der Waals surface area (Å²) >= 11 is -2.20. The van der Waals surface area contributed by atoms with Crippen LogP contribution in [0.5, 0.6) is 0 Å². The van der Waals surface area contributed by atoms with E-state index in [2.05, 4.69) is 19.9 Å². The minimum absolute atomic E-state index is 0.327. The van der Waals surface area contributed by atoms with E-state index in [0.29, 0.717) is 18.8 Å². The minimum atomic E-state index is -2.20. The van der Waals surface area contributed by atoms with Gasteiger partial charge in [-0.15, -0.1) is 0 Å². The zero-order chi connectivity index (χ0) is 8.97. The number of hydrogen-bond donors (Lipinski definition) is 2.